The van der Waals surface area contributed by atoms with E-state index in [1.165, 1.54) is 0 Å². The van der Waals surface area contributed by atoms with Gasteiger partial charge in [0.1, 0.15) is 6.04 Å². The first-order valence-corrected chi connectivity index (χ1v) is 7.84. The summed E-state index contributed by atoms with van der Waals surface area (Å²) in [5.41, 5.74) is 0. The van der Waals surface area contributed by atoms with E-state index in [0.717, 1.165) is 4.31 Å². The quantitative estimate of drug-likeness (QED) is 0.695. The van der Waals surface area contributed by atoms with Crippen LogP contribution in [0.3, 0.4) is 0 Å². The molecule has 0 aromatic heterocycles. The Labute approximate surface area is 113 Å². The standard InChI is InChI=1S/C11H20N2O5S/c1-8(2)3-6-19(17,18)13-5-4-12-11(16)9(13)7-10(14)15/h8-9H,3-7H2,1-2H3,(H,12,16)(H,14,15). The molecule has 110 valence electrons. The van der Waals surface area contributed by atoms with Crippen molar-refractivity contribution in [1.82, 2.24) is 9.62 Å². The minimum Gasteiger partial charge on any atom is -0.481 e. The normalized spacial score (nSPS) is 21.4. The van der Waals surface area contributed by atoms with Crippen molar-refractivity contribution in [3.05, 3.63) is 0 Å². The van der Waals surface area contributed by atoms with E-state index < -0.39 is 34.4 Å². The Bertz CT molecular complexity index is 446. The molecule has 7 nitrogen and oxygen atoms in total. The van der Waals surface area contributed by atoms with Crippen LogP contribution in [0.2, 0.25) is 0 Å². The average Bonchev–Trinajstić information content (AvgIpc) is 2.28. The van der Waals surface area contributed by atoms with Crippen molar-refractivity contribution >= 4 is 21.9 Å². The van der Waals surface area contributed by atoms with Crippen molar-refractivity contribution < 1.29 is 23.1 Å². The number of aliphatic carboxylic acids is 1. The van der Waals surface area contributed by atoms with E-state index in [-0.39, 0.29) is 24.8 Å². The van der Waals surface area contributed by atoms with Gasteiger partial charge < -0.3 is 10.4 Å². The lowest BCUT2D eigenvalue weighted by atomic mass is 10.1. The van der Waals surface area contributed by atoms with Crippen LogP contribution in [0, 0.1) is 5.92 Å². The number of sulfonamides is 1. The van der Waals surface area contributed by atoms with Gasteiger partial charge in [0.15, 0.2) is 0 Å². The molecule has 0 aliphatic carbocycles. The van der Waals surface area contributed by atoms with Crippen molar-refractivity contribution in [2.45, 2.75) is 32.7 Å². The van der Waals surface area contributed by atoms with Gasteiger partial charge in [-0.3, -0.25) is 9.59 Å². The summed E-state index contributed by atoms with van der Waals surface area (Å²) in [6.07, 6.45) is -0.0208. The highest BCUT2D eigenvalue weighted by atomic mass is 32.2. The largest absolute Gasteiger partial charge is 0.481 e. The number of carbonyl (C=O) groups excluding carboxylic acids is 1. The molecular formula is C11H20N2O5S. The van der Waals surface area contributed by atoms with Crippen LogP contribution in [0.25, 0.3) is 0 Å². The molecule has 0 aromatic carbocycles. The fourth-order valence-electron chi connectivity index (χ4n) is 1.89. The van der Waals surface area contributed by atoms with Crippen molar-refractivity contribution in [2.24, 2.45) is 5.92 Å². The second kappa shape index (κ2) is 6.33. The van der Waals surface area contributed by atoms with Crippen LogP contribution in [0.15, 0.2) is 0 Å². The molecule has 0 spiro atoms. The van der Waals surface area contributed by atoms with E-state index in [4.69, 9.17) is 5.11 Å². The zero-order valence-corrected chi connectivity index (χ0v) is 11.9. The number of nitrogens with one attached hydrogen (secondary N) is 1. The Morgan fingerprint density at radius 3 is 2.68 bits per heavy atom. The molecule has 1 unspecified atom stereocenters. The van der Waals surface area contributed by atoms with Gasteiger partial charge in [0.05, 0.1) is 12.2 Å². The smallest absolute Gasteiger partial charge is 0.305 e. The molecule has 19 heavy (non-hydrogen) atoms. The molecule has 1 saturated heterocycles. The van der Waals surface area contributed by atoms with Crippen LogP contribution in [-0.2, 0) is 19.6 Å². The minimum atomic E-state index is -3.60. The highest BCUT2D eigenvalue weighted by Gasteiger charge is 2.38. The van der Waals surface area contributed by atoms with E-state index in [2.05, 4.69) is 5.32 Å². The molecule has 0 aromatic rings. The van der Waals surface area contributed by atoms with Gasteiger partial charge in [0.2, 0.25) is 15.9 Å². The predicted molar refractivity (Wildman–Crippen MR) is 69.0 cm³/mol. The Morgan fingerprint density at radius 2 is 2.16 bits per heavy atom. The number of amides is 1. The van der Waals surface area contributed by atoms with Crippen LogP contribution in [0.1, 0.15) is 26.7 Å². The first kappa shape index (κ1) is 15.9. The summed E-state index contributed by atoms with van der Waals surface area (Å²) >= 11 is 0. The topological polar surface area (TPSA) is 104 Å². The Morgan fingerprint density at radius 1 is 1.53 bits per heavy atom. The third kappa shape index (κ3) is 4.46. The van der Waals surface area contributed by atoms with Crippen LogP contribution in [0.4, 0.5) is 0 Å². The molecule has 0 saturated carbocycles. The highest BCUT2D eigenvalue weighted by molar-refractivity contribution is 7.89. The first-order valence-electron chi connectivity index (χ1n) is 6.23. The molecule has 1 heterocycles. The van der Waals surface area contributed by atoms with Gasteiger partial charge in [-0.05, 0) is 12.3 Å². The van der Waals surface area contributed by atoms with Crippen LogP contribution in [0.5, 0.6) is 0 Å². The van der Waals surface area contributed by atoms with Gasteiger partial charge in [-0.25, -0.2) is 8.42 Å². The lowest BCUT2D eigenvalue weighted by molar-refractivity contribution is -0.141. The fraction of sp³-hybridized carbons (Fsp3) is 0.818. The summed E-state index contributed by atoms with van der Waals surface area (Å²) in [6, 6.07) is -1.14. The maximum absolute atomic E-state index is 12.2. The van der Waals surface area contributed by atoms with Crippen molar-refractivity contribution in [3.63, 3.8) is 0 Å². The van der Waals surface area contributed by atoms with Crippen LogP contribution in [-0.4, -0.2) is 54.6 Å². The second-order valence-corrected chi connectivity index (χ2v) is 7.06. The number of hydrogen-bond acceptors (Lipinski definition) is 4. The molecule has 0 bridgehead atoms. The maximum Gasteiger partial charge on any atom is 0.305 e. The number of hydrogen-bond donors (Lipinski definition) is 2. The highest BCUT2D eigenvalue weighted by Crippen LogP contribution is 2.16. The molecule has 2 N–H and O–H groups in total. The maximum atomic E-state index is 12.2. The minimum absolute atomic E-state index is 0.0614. The van der Waals surface area contributed by atoms with Crippen LogP contribution >= 0.6 is 0 Å². The zero-order valence-electron chi connectivity index (χ0n) is 11.1. The molecule has 1 atom stereocenters. The van der Waals surface area contributed by atoms with Gasteiger partial charge in [-0.2, -0.15) is 4.31 Å². The number of carboxylic acid groups (broad SMARTS) is 1. The molecule has 1 aliphatic heterocycles. The van der Waals surface area contributed by atoms with Gasteiger partial charge in [-0.1, -0.05) is 13.8 Å². The van der Waals surface area contributed by atoms with Gasteiger partial charge in [0, 0.05) is 13.1 Å². The van der Waals surface area contributed by atoms with Crippen molar-refractivity contribution in [2.75, 3.05) is 18.8 Å². The first-order chi connectivity index (χ1) is 8.74. The third-order valence-corrected chi connectivity index (χ3v) is 4.86. The monoisotopic (exact) mass is 292 g/mol. The average molecular weight is 292 g/mol. The number of piperazine rings is 1. The summed E-state index contributed by atoms with van der Waals surface area (Å²) in [7, 11) is -3.60. The van der Waals surface area contributed by atoms with E-state index in [0.29, 0.717) is 6.42 Å². The predicted octanol–water partition coefficient (Wildman–Crippen LogP) is -0.363. The SMILES string of the molecule is CC(C)CCS(=O)(=O)N1CCNC(=O)C1CC(=O)O. The van der Waals surface area contributed by atoms with Crippen LogP contribution < -0.4 is 5.32 Å². The lowest BCUT2D eigenvalue weighted by Gasteiger charge is -2.33. The number of carbonyl (C=O) groups is 2. The number of carboxylic acids is 1. The molecule has 1 amide bonds. The van der Waals surface area contributed by atoms with Gasteiger partial charge >= 0.3 is 5.97 Å². The molecule has 1 rings (SSSR count). The summed E-state index contributed by atoms with van der Waals surface area (Å²) in [6.45, 7) is 4.17. The fourth-order valence-corrected chi connectivity index (χ4v) is 3.82. The Hall–Kier alpha value is -1.15. The second-order valence-electron chi connectivity index (χ2n) is 5.01. The molecule has 8 heteroatoms. The zero-order chi connectivity index (χ0) is 14.6. The lowest BCUT2D eigenvalue weighted by Crippen LogP contribution is -2.58. The molecule has 1 fully saturated rings. The molecule has 0 radical (unpaired) electrons. The third-order valence-electron chi connectivity index (χ3n) is 2.96. The van der Waals surface area contributed by atoms with Crippen molar-refractivity contribution in [1.29, 1.82) is 0 Å². The van der Waals surface area contributed by atoms with E-state index >= 15 is 0 Å². The number of rotatable bonds is 6. The van der Waals surface area contributed by atoms with E-state index in [1.54, 1.807) is 0 Å². The van der Waals surface area contributed by atoms with Crippen molar-refractivity contribution in [3.8, 4) is 0 Å². The van der Waals surface area contributed by atoms with Gasteiger partial charge in [0.25, 0.3) is 0 Å². The Balaban J connectivity index is 2.86. The summed E-state index contributed by atoms with van der Waals surface area (Å²) in [4.78, 5) is 22.4. The van der Waals surface area contributed by atoms with Gasteiger partial charge in [-0.15, -0.1) is 0 Å². The summed E-state index contributed by atoms with van der Waals surface area (Å²) in [5, 5.41) is 11.3. The summed E-state index contributed by atoms with van der Waals surface area (Å²) < 4.78 is 25.4. The summed E-state index contributed by atoms with van der Waals surface area (Å²) in [5.74, 6) is -1.56. The van der Waals surface area contributed by atoms with E-state index in [9.17, 15) is 18.0 Å². The molecular weight excluding hydrogens is 272 g/mol. The molecule has 1 aliphatic rings. The Kier molecular flexibility index (Phi) is 5.30. The number of nitrogens with zero attached hydrogens (tertiary/aromatic N) is 1. The van der Waals surface area contributed by atoms with E-state index in [1.807, 2.05) is 13.8 Å².